The summed E-state index contributed by atoms with van der Waals surface area (Å²) in [5.74, 6) is 0.295. The zero-order chi connectivity index (χ0) is 15.4. The summed E-state index contributed by atoms with van der Waals surface area (Å²) >= 11 is 6.05. The second kappa shape index (κ2) is 6.45. The van der Waals surface area contributed by atoms with Crippen LogP contribution in [0.15, 0.2) is 36.5 Å². The summed E-state index contributed by atoms with van der Waals surface area (Å²) < 4.78 is 0. The largest absolute Gasteiger partial charge is 0.376 e. The zero-order valence-electron chi connectivity index (χ0n) is 12.1. The molecule has 0 spiro atoms. The lowest BCUT2D eigenvalue weighted by atomic mass is 10.2. The topological polar surface area (TPSA) is 57.3 Å². The summed E-state index contributed by atoms with van der Waals surface area (Å²) in [5, 5.41) is 6.14. The van der Waals surface area contributed by atoms with E-state index in [-0.39, 0.29) is 5.91 Å². The van der Waals surface area contributed by atoms with E-state index in [4.69, 9.17) is 11.6 Å². The summed E-state index contributed by atoms with van der Waals surface area (Å²) in [7, 11) is 5.57. The number of hydrogen-bond acceptors (Lipinski definition) is 4. The highest BCUT2D eigenvalue weighted by Crippen LogP contribution is 2.25. The molecule has 1 heterocycles. The van der Waals surface area contributed by atoms with Crippen molar-refractivity contribution in [3.8, 4) is 0 Å². The second-order valence-electron chi connectivity index (χ2n) is 4.67. The van der Waals surface area contributed by atoms with Crippen LogP contribution < -0.4 is 15.5 Å². The normalized spacial score (nSPS) is 10.1. The highest BCUT2D eigenvalue weighted by atomic mass is 35.5. The highest BCUT2D eigenvalue weighted by Gasteiger charge is 2.12. The monoisotopic (exact) mass is 304 g/mol. The van der Waals surface area contributed by atoms with Gasteiger partial charge < -0.3 is 15.5 Å². The Morgan fingerprint density at radius 1 is 1.29 bits per heavy atom. The number of carbonyl (C=O) groups is 1. The van der Waals surface area contributed by atoms with Gasteiger partial charge in [0.1, 0.15) is 5.82 Å². The molecule has 2 rings (SSSR count). The van der Waals surface area contributed by atoms with E-state index in [1.54, 1.807) is 13.1 Å². The van der Waals surface area contributed by atoms with Gasteiger partial charge in [-0.05, 0) is 18.2 Å². The van der Waals surface area contributed by atoms with Gasteiger partial charge in [-0.25, -0.2) is 4.98 Å². The van der Waals surface area contributed by atoms with Gasteiger partial charge in [-0.2, -0.15) is 0 Å². The lowest BCUT2D eigenvalue weighted by molar-refractivity contribution is 0.102. The Hall–Kier alpha value is -2.27. The van der Waals surface area contributed by atoms with Gasteiger partial charge in [-0.15, -0.1) is 0 Å². The summed E-state index contributed by atoms with van der Waals surface area (Å²) in [6.07, 6.45) is 1.49. The van der Waals surface area contributed by atoms with Crippen LogP contribution in [-0.2, 0) is 0 Å². The Kier molecular flexibility index (Phi) is 4.65. The zero-order valence-corrected chi connectivity index (χ0v) is 12.9. The second-order valence-corrected chi connectivity index (χ2v) is 5.08. The molecule has 1 amide bonds. The average molecular weight is 305 g/mol. The summed E-state index contributed by atoms with van der Waals surface area (Å²) in [6.45, 7) is 0. The van der Waals surface area contributed by atoms with Crippen LogP contribution in [0.2, 0.25) is 5.02 Å². The highest BCUT2D eigenvalue weighted by molar-refractivity contribution is 6.33. The van der Waals surface area contributed by atoms with E-state index >= 15 is 0 Å². The fraction of sp³-hybridized carbons (Fsp3) is 0.200. The molecule has 1 aromatic carbocycles. The number of hydrogen-bond donors (Lipinski definition) is 2. The quantitative estimate of drug-likeness (QED) is 0.911. The van der Waals surface area contributed by atoms with Crippen molar-refractivity contribution in [1.29, 1.82) is 0 Å². The smallest absolute Gasteiger partial charge is 0.257 e. The van der Waals surface area contributed by atoms with Crippen molar-refractivity contribution >= 4 is 34.7 Å². The average Bonchev–Trinajstić information content (AvgIpc) is 2.47. The number of anilines is 3. The van der Waals surface area contributed by atoms with E-state index < -0.39 is 0 Å². The molecule has 0 saturated carbocycles. The maximum Gasteiger partial charge on any atom is 0.257 e. The Morgan fingerprint density at radius 3 is 2.62 bits per heavy atom. The van der Waals surface area contributed by atoms with Gasteiger partial charge in [0, 0.05) is 27.3 Å². The summed E-state index contributed by atoms with van der Waals surface area (Å²) in [5.41, 5.74) is 2.07. The lowest BCUT2D eigenvalue weighted by Crippen LogP contribution is -2.17. The van der Waals surface area contributed by atoms with Gasteiger partial charge in [0.25, 0.3) is 5.91 Å². The summed E-state index contributed by atoms with van der Waals surface area (Å²) in [6, 6.07) is 9.17. The van der Waals surface area contributed by atoms with Gasteiger partial charge in [0.05, 0.1) is 22.0 Å². The van der Waals surface area contributed by atoms with E-state index in [9.17, 15) is 4.79 Å². The van der Waals surface area contributed by atoms with Crippen molar-refractivity contribution in [1.82, 2.24) is 4.98 Å². The van der Waals surface area contributed by atoms with Crippen LogP contribution in [0.3, 0.4) is 0 Å². The van der Waals surface area contributed by atoms with E-state index in [1.807, 2.05) is 43.3 Å². The van der Waals surface area contributed by atoms with Crippen molar-refractivity contribution in [2.24, 2.45) is 0 Å². The first-order valence-electron chi connectivity index (χ1n) is 6.44. The molecule has 0 fully saturated rings. The molecule has 0 unspecified atom stereocenters. The Morgan fingerprint density at radius 2 is 2.00 bits per heavy atom. The van der Waals surface area contributed by atoms with E-state index in [0.717, 1.165) is 11.4 Å². The van der Waals surface area contributed by atoms with Gasteiger partial charge in [-0.3, -0.25) is 4.79 Å². The molecule has 0 bridgehead atoms. The van der Waals surface area contributed by atoms with E-state index in [0.29, 0.717) is 16.4 Å². The number of amides is 1. The predicted molar refractivity (Wildman–Crippen MR) is 87.5 cm³/mol. The first kappa shape index (κ1) is 15.1. The van der Waals surface area contributed by atoms with Crippen molar-refractivity contribution in [3.05, 3.63) is 47.1 Å². The third-order valence-electron chi connectivity index (χ3n) is 2.97. The Balaban J connectivity index is 2.24. The van der Waals surface area contributed by atoms with E-state index in [1.165, 1.54) is 6.20 Å². The van der Waals surface area contributed by atoms with Crippen LogP contribution in [0, 0.1) is 0 Å². The number of rotatable bonds is 4. The number of nitrogens with one attached hydrogen (secondary N) is 2. The van der Waals surface area contributed by atoms with Crippen LogP contribution in [0.4, 0.5) is 17.2 Å². The number of benzene rings is 1. The maximum atomic E-state index is 12.3. The molecule has 0 aliphatic carbocycles. The number of nitrogens with zero attached hydrogens (tertiary/aromatic N) is 2. The van der Waals surface area contributed by atoms with Crippen LogP contribution in [0.1, 0.15) is 10.4 Å². The third kappa shape index (κ3) is 3.44. The first-order chi connectivity index (χ1) is 10.0. The standard InChI is InChI=1S/C15H17ClN4O/c1-17-14-11(16)8-10(9-18-14)15(21)19-12-6-4-5-7-13(12)20(2)3/h4-9H,1-3H3,(H,17,18)(H,19,21). The van der Waals surface area contributed by atoms with Crippen molar-refractivity contribution in [3.63, 3.8) is 0 Å². The molecule has 0 saturated heterocycles. The van der Waals surface area contributed by atoms with Crippen LogP contribution in [0.25, 0.3) is 0 Å². The molecule has 5 nitrogen and oxygen atoms in total. The summed E-state index contributed by atoms with van der Waals surface area (Å²) in [4.78, 5) is 18.3. The minimum absolute atomic E-state index is 0.249. The number of halogens is 1. The number of pyridine rings is 1. The van der Waals surface area contributed by atoms with Crippen LogP contribution in [-0.4, -0.2) is 32.0 Å². The number of aromatic nitrogens is 1. The molecule has 6 heteroatoms. The SMILES string of the molecule is CNc1ncc(C(=O)Nc2ccccc2N(C)C)cc1Cl. The fourth-order valence-electron chi connectivity index (χ4n) is 1.91. The molecule has 2 N–H and O–H groups in total. The molecule has 21 heavy (non-hydrogen) atoms. The molecule has 0 aliphatic rings. The van der Waals surface area contributed by atoms with Gasteiger partial charge in [0.15, 0.2) is 0 Å². The van der Waals surface area contributed by atoms with Crippen LogP contribution in [0.5, 0.6) is 0 Å². The molecule has 2 aromatic rings. The first-order valence-corrected chi connectivity index (χ1v) is 6.81. The third-order valence-corrected chi connectivity index (χ3v) is 3.26. The van der Waals surface area contributed by atoms with Gasteiger partial charge in [-0.1, -0.05) is 23.7 Å². The predicted octanol–water partition coefficient (Wildman–Crippen LogP) is 3.10. The molecule has 0 aliphatic heterocycles. The number of carbonyl (C=O) groups excluding carboxylic acids is 1. The van der Waals surface area contributed by atoms with Crippen LogP contribution >= 0.6 is 11.6 Å². The van der Waals surface area contributed by atoms with E-state index in [2.05, 4.69) is 15.6 Å². The minimum atomic E-state index is -0.249. The maximum absolute atomic E-state index is 12.3. The van der Waals surface area contributed by atoms with Crippen molar-refractivity contribution < 1.29 is 4.79 Å². The molecule has 0 radical (unpaired) electrons. The molecular formula is C15H17ClN4O. The van der Waals surface area contributed by atoms with Crippen molar-refractivity contribution in [2.45, 2.75) is 0 Å². The van der Waals surface area contributed by atoms with Gasteiger partial charge >= 0.3 is 0 Å². The van der Waals surface area contributed by atoms with Crippen molar-refractivity contribution in [2.75, 3.05) is 36.7 Å². The molecule has 110 valence electrons. The fourth-order valence-corrected chi connectivity index (χ4v) is 2.17. The number of para-hydroxylation sites is 2. The molecule has 0 atom stereocenters. The van der Waals surface area contributed by atoms with Gasteiger partial charge in [0.2, 0.25) is 0 Å². The molecular weight excluding hydrogens is 288 g/mol. The Bertz CT molecular complexity index is 658. The lowest BCUT2D eigenvalue weighted by Gasteiger charge is -2.17. The minimum Gasteiger partial charge on any atom is -0.376 e. The Labute approximate surface area is 128 Å². The molecule has 1 aromatic heterocycles.